The number of nitriles is 1. The third-order valence-corrected chi connectivity index (χ3v) is 2.00. The number of nitrogens with zero attached hydrogens (tertiary/aromatic N) is 1. The van der Waals surface area contributed by atoms with Gasteiger partial charge in [0.2, 0.25) is 0 Å². The second-order valence-corrected chi connectivity index (χ2v) is 3.00. The predicted molar refractivity (Wildman–Crippen MR) is 57.9 cm³/mol. The van der Waals surface area contributed by atoms with Crippen molar-refractivity contribution in [3.05, 3.63) is 23.8 Å². The van der Waals surface area contributed by atoms with Gasteiger partial charge in [-0.2, -0.15) is 5.26 Å². The summed E-state index contributed by atoms with van der Waals surface area (Å²) in [4.78, 5) is 0. The Morgan fingerprint density at radius 1 is 1.53 bits per heavy atom. The Labute approximate surface area is 89.1 Å². The van der Waals surface area contributed by atoms with Crippen LogP contribution in [0.5, 0.6) is 5.75 Å². The highest BCUT2D eigenvalue weighted by Crippen LogP contribution is 2.27. The molecule has 0 aliphatic carbocycles. The monoisotopic (exact) mass is 206 g/mol. The first-order valence-corrected chi connectivity index (χ1v) is 4.75. The molecule has 0 atom stereocenters. The van der Waals surface area contributed by atoms with Crippen molar-refractivity contribution in [1.29, 1.82) is 5.26 Å². The number of hydrogen-bond donors (Lipinski definition) is 2. The first-order chi connectivity index (χ1) is 7.33. The highest BCUT2D eigenvalue weighted by molar-refractivity contribution is 5.66. The van der Waals surface area contributed by atoms with Crippen molar-refractivity contribution in [2.24, 2.45) is 0 Å². The summed E-state index contributed by atoms with van der Waals surface area (Å²) in [6.07, 6.45) is 0.642. The maximum Gasteiger partial charge on any atom is 0.143 e. The van der Waals surface area contributed by atoms with Gasteiger partial charge in [0.05, 0.1) is 18.4 Å². The highest BCUT2D eigenvalue weighted by atomic mass is 16.5. The van der Waals surface area contributed by atoms with E-state index in [1.165, 1.54) is 0 Å². The average molecular weight is 206 g/mol. The van der Waals surface area contributed by atoms with Gasteiger partial charge in [0.25, 0.3) is 0 Å². The Balaban J connectivity index is 2.86. The number of hydrogen-bond acceptors (Lipinski definition) is 4. The van der Waals surface area contributed by atoms with Gasteiger partial charge in [0.1, 0.15) is 11.8 Å². The van der Waals surface area contributed by atoms with E-state index in [9.17, 15) is 0 Å². The number of para-hydroxylation sites is 1. The average Bonchev–Trinajstić information content (AvgIpc) is 2.29. The van der Waals surface area contributed by atoms with Gasteiger partial charge >= 0.3 is 0 Å². The van der Waals surface area contributed by atoms with Crippen molar-refractivity contribution >= 4 is 5.69 Å². The first kappa shape index (κ1) is 11.3. The van der Waals surface area contributed by atoms with Crippen LogP contribution >= 0.6 is 0 Å². The summed E-state index contributed by atoms with van der Waals surface area (Å²) in [5.74, 6) is 0.645. The van der Waals surface area contributed by atoms with Crippen LogP contribution < -0.4 is 10.1 Å². The minimum atomic E-state index is 0.129. The Morgan fingerprint density at radius 3 is 2.93 bits per heavy atom. The van der Waals surface area contributed by atoms with Crippen molar-refractivity contribution in [3.8, 4) is 11.8 Å². The Hall–Kier alpha value is -1.73. The molecule has 0 heterocycles. The third-order valence-electron chi connectivity index (χ3n) is 2.00. The number of aliphatic hydroxyl groups excluding tert-OH is 1. The number of nitrogens with one attached hydrogen (secondary N) is 1. The molecule has 80 valence electrons. The second kappa shape index (κ2) is 5.89. The van der Waals surface area contributed by atoms with Gasteiger partial charge in [-0.25, -0.2) is 0 Å². The highest BCUT2D eigenvalue weighted by Gasteiger charge is 2.07. The molecule has 0 aliphatic heterocycles. The Morgan fingerprint density at radius 2 is 2.33 bits per heavy atom. The molecule has 0 aliphatic rings. The summed E-state index contributed by atoms with van der Waals surface area (Å²) in [5.41, 5.74) is 1.24. The van der Waals surface area contributed by atoms with Gasteiger partial charge < -0.3 is 15.2 Å². The largest absolute Gasteiger partial charge is 0.495 e. The molecule has 0 unspecified atom stereocenters. The van der Waals surface area contributed by atoms with Crippen LogP contribution in [0.15, 0.2) is 18.2 Å². The summed E-state index contributed by atoms with van der Waals surface area (Å²) in [7, 11) is 1.56. The van der Waals surface area contributed by atoms with Crippen LogP contribution in [0, 0.1) is 11.3 Å². The van der Waals surface area contributed by atoms with Crippen LogP contribution in [0.2, 0.25) is 0 Å². The molecule has 1 aromatic carbocycles. The van der Waals surface area contributed by atoms with Crippen molar-refractivity contribution in [3.63, 3.8) is 0 Å². The van der Waals surface area contributed by atoms with Crippen LogP contribution in [0.25, 0.3) is 0 Å². The first-order valence-electron chi connectivity index (χ1n) is 4.75. The van der Waals surface area contributed by atoms with Gasteiger partial charge in [-0.3, -0.25) is 0 Å². The Kier molecular flexibility index (Phi) is 4.45. The van der Waals surface area contributed by atoms with Crippen molar-refractivity contribution in [1.82, 2.24) is 0 Å². The summed E-state index contributed by atoms with van der Waals surface area (Å²) in [6, 6.07) is 7.38. The fraction of sp³-hybridized carbons (Fsp3) is 0.364. The molecule has 0 bridgehead atoms. The zero-order chi connectivity index (χ0) is 11.1. The van der Waals surface area contributed by atoms with Crippen molar-refractivity contribution in [2.45, 2.75) is 6.42 Å². The summed E-state index contributed by atoms with van der Waals surface area (Å²) in [5, 5.41) is 20.6. The molecule has 0 saturated carbocycles. The van der Waals surface area contributed by atoms with E-state index < -0.39 is 0 Å². The van der Waals surface area contributed by atoms with E-state index in [0.29, 0.717) is 30.0 Å². The fourth-order valence-electron chi connectivity index (χ4n) is 1.27. The number of rotatable bonds is 5. The maximum atomic E-state index is 8.90. The smallest absolute Gasteiger partial charge is 0.143 e. The Bertz CT molecular complexity index is 358. The van der Waals surface area contributed by atoms with Crippen LogP contribution in [-0.4, -0.2) is 25.4 Å². The maximum absolute atomic E-state index is 8.90. The lowest BCUT2D eigenvalue weighted by molar-refractivity contribution is 0.292. The zero-order valence-electron chi connectivity index (χ0n) is 8.66. The number of methoxy groups -OCH3 is 1. The van der Waals surface area contributed by atoms with Gasteiger partial charge in [0.15, 0.2) is 0 Å². The molecule has 15 heavy (non-hydrogen) atoms. The van der Waals surface area contributed by atoms with E-state index in [4.69, 9.17) is 15.1 Å². The molecule has 4 heteroatoms. The van der Waals surface area contributed by atoms with Crippen LogP contribution in [0.4, 0.5) is 5.69 Å². The lowest BCUT2D eigenvalue weighted by Crippen LogP contribution is -2.06. The lowest BCUT2D eigenvalue weighted by atomic mass is 10.1. The van der Waals surface area contributed by atoms with Crippen molar-refractivity contribution in [2.75, 3.05) is 25.6 Å². The second-order valence-electron chi connectivity index (χ2n) is 3.00. The number of anilines is 1. The third kappa shape index (κ3) is 2.86. The van der Waals surface area contributed by atoms with Crippen LogP contribution in [0.1, 0.15) is 12.0 Å². The molecule has 0 amide bonds. The zero-order valence-corrected chi connectivity index (χ0v) is 8.66. The molecule has 0 saturated heterocycles. The number of ether oxygens (including phenoxy) is 1. The van der Waals surface area contributed by atoms with Crippen molar-refractivity contribution < 1.29 is 9.84 Å². The van der Waals surface area contributed by atoms with E-state index in [2.05, 4.69) is 11.4 Å². The molecule has 2 N–H and O–H groups in total. The van der Waals surface area contributed by atoms with Crippen LogP contribution in [0.3, 0.4) is 0 Å². The topological polar surface area (TPSA) is 65.3 Å². The minimum absolute atomic E-state index is 0.129. The standard InChI is InChI=1S/C11H14N2O2/c1-15-10-5-2-4-9(8-12)11(10)13-6-3-7-14/h2,4-5,13-14H,3,6-7H2,1H3. The molecular weight excluding hydrogens is 192 g/mol. The van der Waals surface area contributed by atoms with E-state index >= 15 is 0 Å². The van der Waals surface area contributed by atoms with E-state index in [1.54, 1.807) is 25.3 Å². The quantitative estimate of drug-likeness (QED) is 0.714. The van der Waals surface area contributed by atoms with E-state index in [1.807, 2.05) is 0 Å². The number of aliphatic hydroxyl groups is 1. The summed E-state index contributed by atoms with van der Waals surface area (Å²) < 4.78 is 5.14. The lowest BCUT2D eigenvalue weighted by Gasteiger charge is -2.11. The molecule has 1 aromatic rings. The van der Waals surface area contributed by atoms with Gasteiger partial charge in [-0.15, -0.1) is 0 Å². The molecule has 0 aromatic heterocycles. The van der Waals surface area contributed by atoms with Crippen LogP contribution in [-0.2, 0) is 0 Å². The molecule has 0 spiro atoms. The molecule has 4 nitrogen and oxygen atoms in total. The van der Waals surface area contributed by atoms with Gasteiger partial charge in [-0.05, 0) is 18.6 Å². The molecule has 0 radical (unpaired) electrons. The normalized spacial score (nSPS) is 9.40. The van der Waals surface area contributed by atoms with Gasteiger partial charge in [0, 0.05) is 13.2 Å². The van der Waals surface area contributed by atoms with E-state index in [0.717, 1.165) is 0 Å². The van der Waals surface area contributed by atoms with E-state index in [-0.39, 0.29) is 6.61 Å². The predicted octanol–water partition coefficient (Wildman–Crippen LogP) is 1.36. The SMILES string of the molecule is COc1cccc(C#N)c1NCCCO. The minimum Gasteiger partial charge on any atom is -0.495 e. The molecule has 0 fully saturated rings. The fourth-order valence-corrected chi connectivity index (χ4v) is 1.27. The molecule has 1 rings (SSSR count). The summed E-state index contributed by atoms with van der Waals surface area (Å²) >= 11 is 0. The number of benzene rings is 1. The summed E-state index contributed by atoms with van der Waals surface area (Å²) in [6.45, 7) is 0.746. The van der Waals surface area contributed by atoms with Gasteiger partial charge in [-0.1, -0.05) is 6.07 Å². The molecular formula is C11H14N2O2.